The van der Waals surface area contributed by atoms with Gasteiger partial charge in [-0.25, -0.2) is 0 Å². The Hall–Kier alpha value is -0.680. The van der Waals surface area contributed by atoms with Crippen LogP contribution in [0.2, 0.25) is 0 Å². The minimum atomic E-state index is 0.349. The number of aromatic nitrogens is 2. The summed E-state index contributed by atoms with van der Waals surface area (Å²) in [6.07, 6.45) is 4.20. The largest absolute Gasteiger partial charge is 0.308 e. The molecule has 0 saturated heterocycles. The summed E-state index contributed by atoms with van der Waals surface area (Å²) < 4.78 is 3.07. The Bertz CT molecular complexity index is 414. The fourth-order valence-corrected chi connectivity index (χ4v) is 2.92. The Balaban J connectivity index is 2.14. The molecule has 1 unspecified atom stereocenters. The molecule has 0 radical (unpaired) electrons. The number of Topliss-reactive ketones (excluding diaryl/α,β-unsaturated/α-hetero) is 1. The molecule has 0 N–H and O–H groups in total. The van der Waals surface area contributed by atoms with Crippen LogP contribution in [-0.2, 0) is 11.3 Å². The highest BCUT2D eigenvalue weighted by atomic mass is 79.9. The van der Waals surface area contributed by atoms with Crippen molar-refractivity contribution in [3.8, 4) is 0 Å². The van der Waals surface area contributed by atoms with Crippen molar-refractivity contribution in [2.45, 2.75) is 31.7 Å². The minimum absolute atomic E-state index is 0.349. The zero-order valence-corrected chi connectivity index (χ0v) is 11.9. The Morgan fingerprint density at radius 3 is 2.94 bits per heavy atom. The molecule has 1 aliphatic rings. The Morgan fingerprint density at radius 2 is 2.35 bits per heavy atom. The van der Waals surface area contributed by atoms with E-state index in [1.807, 2.05) is 10.9 Å². The van der Waals surface area contributed by atoms with Gasteiger partial charge in [0.25, 0.3) is 0 Å². The third kappa shape index (κ3) is 2.96. The van der Waals surface area contributed by atoms with Gasteiger partial charge in [-0.2, -0.15) is 5.10 Å². The average molecular weight is 300 g/mol. The Kier molecular flexibility index (Phi) is 3.99. The molecule has 0 spiro atoms. The van der Waals surface area contributed by atoms with E-state index in [1.165, 1.54) is 5.69 Å². The van der Waals surface area contributed by atoms with E-state index in [9.17, 15) is 4.79 Å². The molecule has 2 rings (SSSR count). The van der Waals surface area contributed by atoms with Crippen LogP contribution >= 0.6 is 15.9 Å². The number of hydrogen-bond donors (Lipinski definition) is 0. The molecule has 1 heterocycles. The molecule has 1 aromatic heterocycles. The summed E-state index contributed by atoms with van der Waals surface area (Å²) >= 11 is 3.55. The number of likely N-dealkylation sites (N-methyl/N-ethyl adjacent to an activating group) is 1. The van der Waals surface area contributed by atoms with Crippen molar-refractivity contribution in [3.05, 3.63) is 16.4 Å². The summed E-state index contributed by atoms with van der Waals surface area (Å²) in [5, 5.41) is 4.39. The zero-order valence-electron chi connectivity index (χ0n) is 10.3. The normalized spacial score (nSPS) is 20.5. The number of ketones is 1. The molecule has 0 aliphatic heterocycles. The summed E-state index contributed by atoms with van der Waals surface area (Å²) in [6, 6.07) is 0. The van der Waals surface area contributed by atoms with Gasteiger partial charge in [-0.3, -0.25) is 9.48 Å². The van der Waals surface area contributed by atoms with Gasteiger partial charge in [0.15, 0.2) is 0 Å². The summed E-state index contributed by atoms with van der Waals surface area (Å²) in [7, 11) is 4.11. The van der Waals surface area contributed by atoms with Crippen LogP contribution in [0.15, 0.2) is 10.7 Å². The van der Waals surface area contributed by atoms with Crippen molar-refractivity contribution in [2.75, 3.05) is 20.6 Å². The summed E-state index contributed by atoms with van der Waals surface area (Å²) in [5.41, 5.74) is 1.19. The van der Waals surface area contributed by atoms with Crippen LogP contribution < -0.4 is 0 Å². The van der Waals surface area contributed by atoms with Crippen molar-refractivity contribution in [1.82, 2.24) is 14.7 Å². The monoisotopic (exact) mass is 299 g/mol. The molecule has 94 valence electrons. The van der Waals surface area contributed by atoms with Gasteiger partial charge >= 0.3 is 0 Å². The maximum absolute atomic E-state index is 11.4. The average Bonchev–Trinajstić information content (AvgIpc) is 2.82. The molecule has 1 atom stereocenters. The van der Waals surface area contributed by atoms with Crippen LogP contribution in [0.25, 0.3) is 0 Å². The SMILES string of the molecule is CN(C)CCn1ncc(Br)c1C1CCC(=O)C1. The number of rotatable bonds is 4. The quantitative estimate of drug-likeness (QED) is 0.854. The maximum atomic E-state index is 11.4. The highest BCUT2D eigenvalue weighted by Crippen LogP contribution is 2.35. The van der Waals surface area contributed by atoms with Crippen LogP contribution in [0.5, 0.6) is 0 Å². The Morgan fingerprint density at radius 1 is 1.59 bits per heavy atom. The first kappa shape index (κ1) is 12.8. The highest BCUT2D eigenvalue weighted by Gasteiger charge is 2.28. The maximum Gasteiger partial charge on any atom is 0.133 e. The fraction of sp³-hybridized carbons (Fsp3) is 0.667. The van der Waals surface area contributed by atoms with E-state index in [1.54, 1.807) is 0 Å². The first-order valence-corrected chi connectivity index (χ1v) is 6.75. The molecule has 5 heteroatoms. The van der Waals surface area contributed by atoms with Crippen molar-refractivity contribution >= 4 is 21.7 Å². The molecule has 0 amide bonds. The van der Waals surface area contributed by atoms with E-state index < -0.39 is 0 Å². The molecule has 1 aromatic rings. The van der Waals surface area contributed by atoms with Crippen molar-refractivity contribution < 1.29 is 4.79 Å². The third-order valence-electron chi connectivity index (χ3n) is 3.22. The van der Waals surface area contributed by atoms with Crippen molar-refractivity contribution in [2.24, 2.45) is 0 Å². The van der Waals surface area contributed by atoms with Crippen LogP contribution in [0.3, 0.4) is 0 Å². The van der Waals surface area contributed by atoms with E-state index in [0.717, 1.165) is 30.4 Å². The first-order chi connectivity index (χ1) is 8.08. The predicted molar refractivity (Wildman–Crippen MR) is 70.1 cm³/mol. The van der Waals surface area contributed by atoms with Crippen LogP contribution in [0.4, 0.5) is 0 Å². The van der Waals surface area contributed by atoms with Crippen molar-refractivity contribution in [3.63, 3.8) is 0 Å². The standard InChI is InChI=1S/C12H18BrN3O/c1-15(2)5-6-16-12(11(13)8-14-16)9-3-4-10(17)7-9/h8-9H,3-7H2,1-2H3. The van der Waals surface area contributed by atoms with Gasteiger partial charge in [0.2, 0.25) is 0 Å². The smallest absolute Gasteiger partial charge is 0.133 e. The lowest BCUT2D eigenvalue weighted by Gasteiger charge is -2.15. The number of carbonyl (C=O) groups is 1. The van der Waals surface area contributed by atoms with Gasteiger partial charge in [-0.15, -0.1) is 0 Å². The van der Waals surface area contributed by atoms with Gasteiger partial charge in [0.1, 0.15) is 5.78 Å². The fourth-order valence-electron chi connectivity index (χ4n) is 2.30. The summed E-state index contributed by atoms with van der Waals surface area (Å²) in [6.45, 7) is 1.83. The van der Waals surface area contributed by atoms with Gasteiger partial charge < -0.3 is 4.90 Å². The van der Waals surface area contributed by atoms with Crippen LogP contribution in [-0.4, -0.2) is 41.1 Å². The molecule has 1 aliphatic carbocycles. The van der Waals surface area contributed by atoms with Gasteiger partial charge in [0, 0.05) is 25.3 Å². The van der Waals surface area contributed by atoms with E-state index in [0.29, 0.717) is 18.1 Å². The number of hydrogen-bond acceptors (Lipinski definition) is 3. The second kappa shape index (κ2) is 5.31. The molecular weight excluding hydrogens is 282 g/mol. The summed E-state index contributed by atoms with van der Waals surface area (Å²) in [5.74, 6) is 0.726. The highest BCUT2D eigenvalue weighted by molar-refractivity contribution is 9.10. The van der Waals surface area contributed by atoms with Crippen molar-refractivity contribution in [1.29, 1.82) is 0 Å². The molecular formula is C12H18BrN3O. The Labute approximate surface area is 110 Å². The van der Waals surface area contributed by atoms with E-state index in [4.69, 9.17) is 0 Å². The number of carbonyl (C=O) groups excluding carboxylic acids is 1. The predicted octanol–water partition coefficient (Wildman–Crippen LogP) is 2.04. The lowest BCUT2D eigenvalue weighted by molar-refractivity contribution is -0.117. The molecule has 1 fully saturated rings. The van der Waals surface area contributed by atoms with E-state index in [-0.39, 0.29) is 0 Å². The van der Waals surface area contributed by atoms with E-state index >= 15 is 0 Å². The second-order valence-corrected chi connectivity index (χ2v) is 5.74. The third-order valence-corrected chi connectivity index (χ3v) is 3.84. The van der Waals surface area contributed by atoms with Crippen LogP contribution in [0, 0.1) is 0 Å². The molecule has 4 nitrogen and oxygen atoms in total. The van der Waals surface area contributed by atoms with Crippen LogP contribution in [0.1, 0.15) is 30.9 Å². The minimum Gasteiger partial charge on any atom is -0.308 e. The number of halogens is 1. The van der Waals surface area contributed by atoms with Gasteiger partial charge in [0.05, 0.1) is 22.9 Å². The first-order valence-electron chi connectivity index (χ1n) is 5.95. The topological polar surface area (TPSA) is 38.1 Å². The number of nitrogens with zero attached hydrogens (tertiary/aromatic N) is 3. The van der Waals surface area contributed by atoms with Gasteiger partial charge in [-0.1, -0.05) is 0 Å². The summed E-state index contributed by atoms with van der Waals surface area (Å²) in [4.78, 5) is 13.5. The van der Waals surface area contributed by atoms with Gasteiger partial charge in [-0.05, 0) is 36.4 Å². The zero-order chi connectivity index (χ0) is 12.4. The molecule has 1 saturated carbocycles. The second-order valence-electron chi connectivity index (χ2n) is 4.88. The van der Waals surface area contributed by atoms with E-state index in [2.05, 4.69) is 40.0 Å². The molecule has 17 heavy (non-hydrogen) atoms. The molecule has 0 bridgehead atoms. The lowest BCUT2D eigenvalue weighted by Crippen LogP contribution is -2.20. The lowest BCUT2D eigenvalue weighted by atomic mass is 10.0. The molecule has 0 aromatic carbocycles.